The van der Waals surface area contributed by atoms with Crippen LogP contribution in [0.3, 0.4) is 0 Å². The lowest BCUT2D eigenvalue weighted by Crippen LogP contribution is -2.10. The number of methoxy groups -OCH3 is 5. The fraction of sp³-hybridized carbons (Fsp3) is 0.909. The first kappa shape index (κ1) is 64.6. The van der Waals surface area contributed by atoms with Gasteiger partial charge in [0.15, 0.2) is 11.9 Å². The number of alkyl halides is 7. The average molecular weight is 579 g/mol. The van der Waals surface area contributed by atoms with E-state index in [4.69, 9.17) is 0 Å². The van der Waals surface area contributed by atoms with Crippen LogP contribution in [0.4, 0.5) is 30.7 Å². The summed E-state index contributed by atoms with van der Waals surface area (Å²) < 4.78 is 94.1. The summed E-state index contributed by atoms with van der Waals surface area (Å²) in [6, 6.07) is 0. The fourth-order valence-electron chi connectivity index (χ4n) is 0. The summed E-state index contributed by atoms with van der Waals surface area (Å²) in [6.07, 6.45) is -5.92. The van der Waals surface area contributed by atoms with Crippen LogP contribution >= 0.6 is 12.2 Å². The van der Waals surface area contributed by atoms with Gasteiger partial charge in [0.05, 0.1) is 28.6 Å². The van der Waals surface area contributed by atoms with E-state index in [1.165, 1.54) is 21.1 Å². The molecule has 0 saturated carbocycles. The molecule has 0 rings (SSSR count). The average Bonchev–Trinajstić information content (AvgIpc) is 2.90. The Morgan fingerprint density at radius 1 is 0.667 bits per heavy atom. The molecule has 0 aliphatic carbocycles. The highest BCUT2D eigenvalue weighted by Crippen LogP contribution is 2.10. The number of thiocarbonyl (C=S) groups is 1. The molecule has 0 aromatic carbocycles. The van der Waals surface area contributed by atoms with Crippen molar-refractivity contribution in [2.24, 2.45) is 0 Å². The molecule has 14 heteroatoms. The van der Waals surface area contributed by atoms with Crippen LogP contribution in [0.5, 0.6) is 0 Å². The van der Waals surface area contributed by atoms with Crippen LogP contribution < -0.4 is 0 Å². The summed E-state index contributed by atoms with van der Waals surface area (Å²) >= 11 is 4.47. The second kappa shape index (κ2) is 69.9. The molecule has 0 aromatic heterocycles. The zero-order valence-corrected chi connectivity index (χ0v) is 26.0. The third-order valence-corrected chi connectivity index (χ3v) is 1.57. The number of hydrogen-bond acceptors (Lipinski definition) is 7. The molecule has 0 bridgehead atoms. The Hall–Kier alpha value is -1.25. The van der Waals surface area contributed by atoms with Gasteiger partial charge in [-0.15, -0.1) is 0 Å². The molecule has 6 nitrogen and oxygen atoms in total. The Kier molecular flexibility index (Phi) is 126. The smallest absolute Gasteiger partial charge is 0.352 e. The van der Waals surface area contributed by atoms with E-state index in [0.717, 1.165) is 14.2 Å². The highest BCUT2D eigenvalue weighted by Gasteiger charge is 2.17. The molecule has 0 aliphatic rings. The lowest BCUT2D eigenvalue weighted by atomic mass is 10.8. The van der Waals surface area contributed by atoms with E-state index in [9.17, 15) is 35.5 Å². The number of rotatable bonds is 3. The minimum atomic E-state index is -2.96. The Bertz CT molecular complexity index is 290. The maximum atomic E-state index is 11.2. The molecule has 0 spiro atoms. The van der Waals surface area contributed by atoms with Gasteiger partial charge < -0.3 is 23.7 Å². The van der Waals surface area contributed by atoms with Gasteiger partial charge in [0.2, 0.25) is 0 Å². The van der Waals surface area contributed by atoms with Gasteiger partial charge in [-0.25, -0.2) is 4.39 Å². The molecule has 0 fully saturated rings. The van der Waals surface area contributed by atoms with E-state index in [0.29, 0.717) is 33.3 Å². The molecule has 232 valence electrons. The second-order valence-electron chi connectivity index (χ2n) is 3.81. The quantitative estimate of drug-likeness (QED) is 0.189. The van der Waals surface area contributed by atoms with Crippen LogP contribution in [-0.2, 0) is 28.5 Å². The largest absolute Gasteiger partial charge is 0.491 e. The van der Waals surface area contributed by atoms with Gasteiger partial charge in [-0.05, 0) is 12.2 Å². The van der Waals surface area contributed by atoms with Gasteiger partial charge in [0.25, 0.3) is 0 Å². The molecular formula is C22H53F7O6S. The summed E-state index contributed by atoms with van der Waals surface area (Å²) in [5.41, 5.74) is 0. The lowest BCUT2D eigenvalue weighted by Gasteiger charge is -2.03. The molecule has 0 amide bonds. The first-order valence-electron chi connectivity index (χ1n) is 10.3. The van der Waals surface area contributed by atoms with Gasteiger partial charge in [0.1, 0.15) is 0 Å². The summed E-state index contributed by atoms with van der Waals surface area (Å²) in [5.74, 6) is -0.245. The van der Waals surface area contributed by atoms with Crippen molar-refractivity contribution in [1.29, 1.82) is 0 Å². The minimum Gasteiger partial charge on any atom is -0.491 e. The zero-order chi connectivity index (χ0) is 32.4. The molecule has 36 heavy (non-hydrogen) atoms. The Balaban J connectivity index is -0.0000000270. The molecular weight excluding hydrogens is 525 g/mol. The maximum absolute atomic E-state index is 11.2. The Morgan fingerprint density at radius 3 is 0.778 bits per heavy atom. The Labute approximate surface area is 221 Å². The number of esters is 1. The molecule has 0 N–H and O–H groups in total. The van der Waals surface area contributed by atoms with Crippen LogP contribution in [0, 0.1) is 0 Å². The third kappa shape index (κ3) is 347. The minimum absolute atomic E-state index is 0.245. The summed E-state index contributed by atoms with van der Waals surface area (Å²) in [7, 11) is 7.13. The van der Waals surface area contributed by atoms with Gasteiger partial charge in [-0.2, -0.15) is 17.6 Å². The number of carbonyl (C=O) groups is 1. The molecule has 0 radical (unpaired) electrons. The lowest BCUT2D eigenvalue weighted by molar-refractivity contribution is -0.206. The van der Waals surface area contributed by atoms with Crippen molar-refractivity contribution in [2.75, 3.05) is 56.8 Å². The Morgan fingerprint density at radius 2 is 0.778 bits per heavy atom. The van der Waals surface area contributed by atoms with E-state index in [-0.39, 0.29) is 5.97 Å². The van der Waals surface area contributed by atoms with Gasteiger partial charge in [-0.3, -0.25) is 13.6 Å². The zero-order valence-electron chi connectivity index (χ0n) is 25.2. The first-order valence-corrected chi connectivity index (χ1v) is 10.7. The highest BCUT2D eigenvalue weighted by atomic mass is 32.1. The SMILES string of the molecule is CC.CC.CC.CF.CF.COC(C)(F)F.COC(C)(F)F.COC(C)=O.COC(C)=S.COCF. The van der Waals surface area contributed by atoms with Crippen molar-refractivity contribution < 1.29 is 59.2 Å². The van der Waals surface area contributed by atoms with Crippen molar-refractivity contribution in [2.45, 2.75) is 81.5 Å². The predicted octanol–water partition coefficient (Wildman–Crippen LogP) is 8.46. The van der Waals surface area contributed by atoms with E-state index >= 15 is 0 Å². The number of hydrogen-bond donors (Lipinski definition) is 0. The number of halogens is 7. The van der Waals surface area contributed by atoms with Gasteiger partial charge in [0, 0.05) is 49.0 Å². The van der Waals surface area contributed by atoms with Crippen LogP contribution in [0.2, 0.25) is 0 Å². The molecule has 0 heterocycles. The van der Waals surface area contributed by atoms with Gasteiger partial charge in [-0.1, -0.05) is 41.5 Å². The fourth-order valence-corrected chi connectivity index (χ4v) is 0. The van der Waals surface area contributed by atoms with Crippen molar-refractivity contribution >= 4 is 23.2 Å². The van der Waals surface area contributed by atoms with Crippen molar-refractivity contribution in [3.63, 3.8) is 0 Å². The normalized spacial score (nSPS) is 7.56. The third-order valence-electron chi connectivity index (χ3n) is 1.40. The predicted molar refractivity (Wildman–Crippen MR) is 139 cm³/mol. The van der Waals surface area contributed by atoms with Crippen molar-refractivity contribution in [3.8, 4) is 0 Å². The molecule has 0 saturated heterocycles. The highest BCUT2D eigenvalue weighted by molar-refractivity contribution is 7.80. The monoisotopic (exact) mass is 578 g/mol. The molecule has 0 aromatic rings. The van der Waals surface area contributed by atoms with E-state index in [1.54, 1.807) is 14.0 Å². The van der Waals surface area contributed by atoms with Crippen LogP contribution in [0.25, 0.3) is 0 Å². The first-order chi connectivity index (χ1) is 16.6. The molecule has 0 aliphatic heterocycles. The molecule has 0 atom stereocenters. The van der Waals surface area contributed by atoms with E-state index in [2.05, 4.69) is 35.9 Å². The summed E-state index contributed by atoms with van der Waals surface area (Å²) in [4.78, 5) is 9.59. The molecule has 0 unspecified atom stereocenters. The van der Waals surface area contributed by atoms with Crippen LogP contribution in [-0.4, -0.2) is 80.0 Å². The summed E-state index contributed by atoms with van der Waals surface area (Å²) in [5, 5.41) is 0.588. The van der Waals surface area contributed by atoms with Crippen LogP contribution in [0.15, 0.2) is 0 Å². The van der Waals surface area contributed by atoms with Gasteiger partial charge >= 0.3 is 18.2 Å². The number of ether oxygens (including phenoxy) is 5. The van der Waals surface area contributed by atoms with Crippen molar-refractivity contribution in [1.82, 2.24) is 0 Å². The summed E-state index contributed by atoms with van der Waals surface area (Å²) in [6.45, 7) is 15.8. The van der Waals surface area contributed by atoms with Crippen molar-refractivity contribution in [3.05, 3.63) is 0 Å². The van der Waals surface area contributed by atoms with E-state index in [1.807, 2.05) is 41.5 Å². The van der Waals surface area contributed by atoms with Crippen LogP contribution in [0.1, 0.15) is 69.2 Å². The number of carbonyl (C=O) groups excluding carboxylic acids is 1. The van der Waals surface area contributed by atoms with E-state index < -0.39 is 19.1 Å². The maximum Gasteiger partial charge on any atom is 0.352 e. The standard InChI is InChI=1S/2C3H6F2O.C3H6O2.C3H6OS.C2H5FO.3C2H6.2CH3F/c2*1-3(4,5)6-2;1-3(4)5-2;1-3(5)4-2;1-4-2-3;5*1-2/h2*1-2H3;2*1-2H3;2H2,1H3;3*1-2H3;2*1H3. The second-order valence-corrected chi connectivity index (χ2v) is 4.39. The topological polar surface area (TPSA) is 63.2 Å².